The number of halogens is 5. The van der Waals surface area contributed by atoms with Crippen LogP contribution in [0.5, 0.6) is 11.5 Å². The number of hydrogen-bond acceptors (Lipinski definition) is 4. The number of phenols is 1. The van der Waals surface area contributed by atoms with Crippen LogP contribution in [0.3, 0.4) is 0 Å². The van der Waals surface area contributed by atoms with Crippen molar-refractivity contribution in [1.82, 2.24) is 4.98 Å². The topological polar surface area (TPSA) is 59.4 Å². The number of ether oxygens (including phenoxy) is 1. The van der Waals surface area contributed by atoms with E-state index in [2.05, 4.69) is 4.98 Å². The van der Waals surface area contributed by atoms with E-state index in [1.54, 1.807) is 0 Å². The minimum Gasteiger partial charge on any atom is -0.504 e. The van der Waals surface area contributed by atoms with Crippen LogP contribution in [0.25, 0.3) is 11.3 Å². The summed E-state index contributed by atoms with van der Waals surface area (Å²) in [7, 11) is 0. The number of alkyl halides is 3. The number of benzene rings is 1. The summed E-state index contributed by atoms with van der Waals surface area (Å²) in [4.78, 5) is 14.6. The highest BCUT2D eigenvalue weighted by atomic mass is 35.5. The molecule has 0 saturated carbocycles. The standard InChI is InChI=1S/C15H10Cl2F3NO3/c1-7(14(17)23)24-12-3-2-8(4-11(12)22)13-10(15(18,19)20)5-9(16)6-21-13/h2-7,22H,1H3. The van der Waals surface area contributed by atoms with Gasteiger partial charge in [0.2, 0.25) is 0 Å². The number of rotatable bonds is 4. The molecule has 1 N–H and O–H groups in total. The van der Waals surface area contributed by atoms with Crippen molar-refractivity contribution < 1.29 is 27.8 Å². The van der Waals surface area contributed by atoms with Crippen molar-refractivity contribution in [3.8, 4) is 22.8 Å². The number of aromatic hydroxyl groups is 1. The third-order valence-corrected chi connectivity index (χ3v) is 3.53. The van der Waals surface area contributed by atoms with E-state index < -0.39 is 34.5 Å². The molecule has 1 aromatic heterocycles. The summed E-state index contributed by atoms with van der Waals surface area (Å²) < 4.78 is 44.5. The van der Waals surface area contributed by atoms with Gasteiger partial charge in [0, 0.05) is 11.8 Å². The fraction of sp³-hybridized carbons (Fsp3) is 0.200. The highest BCUT2D eigenvalue weighted by molar-refractivity contribution is 6.64. The van der Waals surface area contributed by atoms with Gasteiger partial charge in [-0.3, -0.25) is 9.78 Å². The van der Waals surface area contributed by atoms with E-state index in [1.165, 1.54) is 19.1 Å². The van der Waals surface area contributed by atoms with E-state index in [0.717, 1.165) is 18.3 Å². The van der Waals surface area contributed by atoms with Crippen molar-refractivity contribution in [2.24, 2.45) is 0 Å². The van der Waals surface area contributed by atoms with Crippen molar-refractivity contribution in [3.63, 3.8) is 0 Å². The van der Waals surface area contributed by atoms with E-state index in [9.17, 15) is 23.1 Å². The number of phenolic OH excluding ortho intramolecular Hbond substituents is 1. The van der Waals surface area contributed by atoms with Crippen LogP contribution in [-0.4, -0.2) is 21.4 Å². The number of hydrogen-bond donors (Lipinski definition) is 1. The minimum atomic E-state index is -4.67. The van der Waals surface area contributed by atoms with Crippen LogP contribution in [0.2, 0.25) is 5.02 Å². The van der Waals surface area contributed by atoms with Gasteiger partial charge < -0.3 is 9.84 Å². The Hall–Kier alpha value is -1.99. The predicted octanol–water partition coefficient (Wildman–Crippen LogP) is 4.66. The SMILES string of the molecule is CC(Oc1ccc(-c2ncc(Cl)cc2C(F)(F)F)cc1O)C(=O)Cl. The zero-order chi connectivity index (χ0) is 18.1. The highest BCUT2D eigenvalue weighted by Crippen LogP contribution is 2.39. The second-order valence-electron chi connectivity index (χ2n) is 4.79. The van der Waals surface area contributed by atoms with Crippen LogP contribution < -0.4 is 4.74 Å². The van der Waals surface area contributed by atoms with Crippen molar-refractivity contribution in [3.05, 3.63) is 41.0 Å². The van der Waals surface area contributed by atoms with Crippen LogP contribution in [0.1, 0.15) is 12.5 Å². The average Bonchev–Trinajstić information content (AvgIpc) is 2.48. The van der Waals surface area contributed by atoms with E-state index in [-0.39, 0.29) is 16.3 Å². The molecule has 0 spiro atoms. The predicted molar refractivity (Wildman–Crippen MR) is 82.3 cm³/mol. The molecule has 1 heterocycles. The first-order valence-corrected chi connectivity index (χ1v) is 7.27. The molecule has 0 radical (unpaired) electrons. The second-order valence-corrected chi connectivity index (χ2v) is 5.60. The van der Waals surface area contributed by atoms with Gasteiger partial charge in [0.25, 0.3) is 5.24 Å². The van der Waals surface area contributed by atoms with E-state index in [1.807, 2.05) is 0 Å². The first-order valence-electron chi connectivity index (χ1n) is 6.51. The molecule has 4 nitrogen and oxygen atoms in total. The monoisotopic (exact) mass is 379 g/mol. The first-order chi connectivity index (χ1) is 11.1. The van der Waals surface area contributed by atoms with Crippen molar-refractivity contribution in [1.29, 1.82) is 0 Å². The molecule has 0 aliphatic heterocycles. The van der Waals surface area contributed by atoms with Gasteiger partial charge in [0.1, 0.15) is 0 Å². The maximum Gasteiger partial charge on any atom is 0.418 e. The molecule has 9 heteroatoms. The van der Waals surface area contributed by atoms with Gasteiger partial charge in [0.05, 0.1) is 16.3 Å². The van der Waals surface area contributed by atoms with Gasteiger partial charge in [-0.25, -0.2) is 0 Å². The Kier molecular flexibility index (Phi) is 5.25. The lowest BCUT2D eigenvalue weighted by Gasteiger charge is -2.15. The van der Waals surface area contributed by atoms with Crippen molar-refractivity contribution >= 4 is 28.4 Å². The van der Waals surface area contributed by atoms with E-state index in [0.29, 0.717) is 0 Å². The Bertz CT molecular complexity index is 781. The molecule has 0 aliphatic carbocycles. The van der Waals surface area contributed by atoms with Gasteiger partial charge in [-0.1, -0.05) is 11.6 Å². The van der Waals surface area contributed by atoms with Gasteiger partial charge in [-0.05, 0) is 42.8 Å². The number of carbonyl (C=O) groups is 1. The lowest BCUT2D eigenvalue weighted by atomic mass is 10.0. The molecule has 24 heavy (non-hydrogen) atoms. The van der Waals surface area contributed by atoms with E-state index in [4.69, 9.17) is 27.9 Å². The van der Waals surface area contributed by atoms with E-state index >= 15 is 0 Å². The minimum absolute atomic E-state index is 0.00805. The number of aromatic nitrogens is 1. The Morgan fingerprint density at radius 2 is 2.00 bits per heavy atom. The lowest BCUT2D eigenvalue weighted by Crippen LogP contribution is -2.18. The average molecular weight is 380 g/mol. The Balaban J connectivity index is 2.45. The van der Waals surface area contributed by atoms with Gasteiger partial charge in [0.15, 0.2) is 17.6 Å². The largest absolute Gasteiger partial charge is 0.504 e. The first kappa shape index (κ1) is 18.4. The van der Waals surface area contributed by atoms with Crippen molar-refractivity contribution in [2.45, 2.75) is 19.2 Å². The maximum atomic E-state index is 13.1. The van der Waals surface area contributed by atoms with Gasteiger partial charge in [-0.15, -0.1) is 0 Å². The lowest BCUT2D eigenvalue weighted by molar-refractivity contribution is -0.137. The van der Waals surface area contributed by atoms with Crippen LogP contribution in [0.4, 0.5) is 13.2 Å². The Morgan fingerprint density at radius 1 is 1.33 bits per heavy atom. The summed E-state index contributed by atoms with van der Waals surface area (Å²) in [6.07, 6.45) is -4.62. The van der Waals surface area contributed by atoms with Crippen LogP contribution in [0, 0.1) is 0 Å². The zero-order valence-electron chi connectivity index (χ0n) is 12.1. The molecule has 2 aromatic rings. The number of carbonyl (C=O) groups excluding carboxylic acids is 1. The normalized spacial score (nSPS) is 12.8. The second kappa shape index (κ2) is 6.86. The summed E-state index contributed by atoms with van der Waals surface area (Å²) in [5.74, 6) is -0.551. The molecule has 0 amide bonds. The molecule has 1 unspecified atom stereocenters. The van der Waals surface area contributed by atoms with Crippen LogP contribution in [0.15, 0.2) is 30.5 Å². The molecular weight excluding hydrogens is 370 g/mol. The zero-order valence-corrected chi connectivity index (χ0v) is 13.6. The number of nitrogens with zero attached hydrogens (tertiary/aromatic N) is 1. The molecule has 1 atom stereocenters. The Labute approximate surface area is 144 Å². The Morgan fingerprint density at radius 3 is 2.54 bits per heavy atom. The maximum absolute atomic E-state index is 13.1. The summed E-state index contributed by atoms with van der Waals surface area (Å²) >= 11 is 10.8. The quantitative estimate of drug-likeness (QED) is 0.784. The molecular formula is C15H10Cl2F3NO3. The molecule has 0 aliphatic rings. The molecule has 0 bridgehead atoms. The number of pyridine rings is 1. The molecule has 0 saturated heterocycles. The van der Waals surface area contributed by atoms with Crippen molar-refractivity contribution in [2.75, 3.05) is 0 Å². The molecule has 1 aromatic carbocycles. The van der Waals surface area contributed by atoms with Gasteiger partial charge >= 0.3 is 6.18 Å². The van der Waals surface area contributed by atoms with Crippen LogP contribution in [-0.2, 0) is 11.0 Å². The highest BCUT2D eigenvalue weighted by Gasteiger charge is 2.35. The third-order valence-electron chi connectivity index (χ3n) is 3.02. The smallest absolute Gasteiger partial charge is 0.418 e. The third kappa shape index (κ3) is 4.10. The fourth-order valence-corrected chi connectivity index (χ4v) is 2.09. The molecule has 0 fully saturated rings. The van der Waals surface area contributed by atoms with Crippen LogP contribution >= 0.6 is 23.2 Å². The summed E-state index contributed by atoms with van der Waals surface area (Å²) in [6.45, 7) is 1.37. The summed E-state index contributed by atoms with van der Waals surface area (Å²) in [5, 5.41) is 8.97. The summed E-state index contributed by atoms with van der Waals surface area (Å²) in [6, 6.07) is 4.29. The van der Waals surface area contributed by atoms with Gasteiger partial charge in [-0.2, -0.15) is 13.2 Å². The molecule has 128 valence electrons. The fourth-order valence-electron chi connectivity index (χ4n) is 1.89. The molecule has 2 rings (SSSR count). The summed E-state index contributed by atoms with van der Waals surface area (Å²) in [5.41, 5.74) is -1.42.